The molecule has 0 saturated carbocycles. The van der Waals surface area contributed by atoms with Crippen molar-refractivity contribution >= 4 is 17.7 Å². The second kappa shape index (κ2) is 8.26. The summed E-state index contributed by atoms with van der Waals surface area (Å²) in [4.78, 5) is 31.4. The van der Waals surface area contributed by atoms with Gasteiger partial charge in [0.1, 0.15) is 0 Å². The summed E-state index contributed by atoms with van der Waals surface area (Å²) in [5.41, 5.74) is 6.85. The summed E-state index contributed by atoms with van der Waals surface area (Å²) >= 11 is 0. The molecular weight excluding hydrogens is 296 g/mol. The van der Waals surface area contributed by atoms with Crippen molar-refractivity contribution in [1.82, 2.24) is 15.3 Å². The number of aromatic nitrogens is 2. The second-order valence-corrected chi connectivity index (χ2v) is 5.49. The van der Waals surface area contributed by atoms with Crippen LogP contribution in [0.15, 0.2) is 24.0 Å². The summed E-state index contributed by atoms with van der Waals surface area (Å²) in [5, 5.41) is 2.78. The van der Waals surface area contributed by atoms with Crippen LogP contribution in [0.25, 0.3) is 0 Å². The van der Waals surface area contributed by atoms with Crippen LogP contribution < -0.4 is 11.1 Å². The van der Waals surface area contributed by atoms with Gasteiger partial charge in [-0.25, -0.2) is 14.8 Å². The maximum atomic E-state index is 12.0. The van der Waals surface area contributed by atoms with Crippen molar-refractivity contribution in [2.75, 3.05) is 12.3 Å². The summed E-state index contributed by atoms with van der Waals surface area (Å²) in [6, 6.07) is 0. The third-order valence-corrected chi connectivity index (χ3v) is 3.70. The van der Waals surface area contributed by atoms with Gasteiger partial charge >= 0.3 is 5.97 Å². The molecule has 124 valence electrons. The third kappa shape index (κ3) is 5.05. The fraction of sp³-hybridized carbons (Fsp3) is 0.500. The molecule has 7 heteroatoms. The molecule has 0 bridgehead atoms. The molecule has 0 unspecified atom stereocenters. The van der Waals surface area contributed by atoms with E-state index in [1.54, 1.807) is 0 Å². The number of esters is 1. The number of ether oxygens (including phenoxy) is 1. The Kier molecular flexibility index (Phi) is 6.08. The van der Waals surface area contributed by atoms with E-state index >= 15 is 0 Å². The molecule has 1 aliphatic carbocycles. The van der Waals surface area contributed by atoms with Gasteiger partial charge in [-0.1, -0.05) is 11.6 Å². The van der Waals surface area contributed by atoms with E-state index < -0.39 is 12.1 Å². The van der Waals surface area contributed by atoms with Gasteiger partial charge in [-0.2, -0.15) is 0 Å². The van der Waals surface area contributed by atoms with Crippen molar-refractivity contribution in [2.24, 2.45) is 0 Å². The molecule has 1 aromatic heterocycles. The molecule has 1 amide bonds. The van der Waals surface area contributed by atoms with E-state index in [1.807, 2.05) is 0 Å². The van der Waals surface area contributed by atoms with E-state index in [0.717, 1.165) is 19.3 Å². The van der Waals surface area contributed by atoms with Crippen LogP contribution in [-0.4, -0.2) is 34.5 Å². The average Bonchev–Trinajstić information content (AvgIpc) is 2.56. The van der Waals surface area contributed by atoms with Gasteiger partial charge in [0.15, 0.2) is 17.6 Å². The van der Waals surface area contributed by atoms with Gasteiger partial charge in [-0.15, -0.1) is 0 Å². The highest BCUT2D eigenvalue weighted by atomic mass is 16.5. The summed E-state index contributed by atoms with van der Waals surface area (Å²) in [5.74, 6) is -1.11. The van der Waals surface area contributed by atoms with E-state index in [1.165, 1.54) is 37.7 Å². The van der Waals surface area contributed by atoms with Gasteiger partial charge in [0, 0.05) is 18.9 Å². The summed E-state index contributed by atoms with van der Waals surface area (Å²) < 4.78 is 5.07. The average molecular weight is 318 g/mol. The van der Waals surface area contributed by atoms with Crippen LogP contribution in [0.3, 0.4) is 0 Å². The predicted octanol–water partition coefficient (Wildman–Crippen LogP) is 1.61. The number of nitrogens with two attached hydrogens (primary N) is 1. The minimum absolute atomic E-state index is 0.0191. The molecule has 0 radical (unpaired) electrons. The standard InChI is InChI=1S/C16H22N4O3/c1-11(23-16(22)13-14(17)19-10-9-18-13)15(21)20-8-7-12-5-3-2-4-6-12/h5,9-11H,2-4,6-8H2,1H3,(H2,17,19)(H,20,21)/t11-/m1/s1. The number of allylic oxidation sites excluding steroid dienone is 1. The van der Waals surface area contributed by atoms with Crippen molar-refractivity contribution in [1.29, 1.82) is 0 Å². The monoisotopic (exact) mass is 318 g/mol. The van der Waals surface area contributed by atoms with E-state index in [-0.39, 0.29) is 17.4 Å². The molecular formula is C16H22N4O3. The smallest absolute Gasteiger partial charge is 0.361 e. The number of nitrogens with one attached hydrogen (secondary N) is 1. The van der Waals surface area contributed by atoms with Crippen molar-refractivity contribution in [3.63, 3.8) is 0 Å². The van der Waals surface area contributed by atoms with Gasteiger partial charge in [0.25, 0.3) is 5.91 Å². The Bertz CT molecular complexity index is 601. The normalized spacial score (nSPS) is 15.4. The van der Waals surface area contributed by atoms with E-state index in [4.69, 9.17) is 10.5 Å². The van der Waals surface area contributed by atoms with Gasteiger partial charge in [0.2, 0.25) is 0 Å². The lowest BCUT2D eigenvalue weighted by Gasteiger charge is -2.15. The molecule has 3 N–H and O–H groups in total. The van der Waals surface area contributed by atoms with Crippen LogP contribution in [0.1, 0.15) is 49.5 Å². The van der Waals surface area contributed by atoms with Crippen LogP contribution >= 0.6 is 0 Å². The lowest BCUT2D eigenvalue weighted by atomic mass is 9.97. The Hall–Kier alpha value is -2.44. The quantitative estimate of drug-likeness (QED) is 0.609. The largest absolute Gasteiger partial charge is 0.448 e. The molecule has 0 aliphatic heterocycles. The van der Waals surface area contributed by atoms with E-state index in [0.29, 0.717) is 6.54 Å². The van der Waals surface area contributed by atoms with Gasteiger partial charge in [-0.05, 0) is 39.0 Å². The first-order chi connectivity index (χ1) is 11.1. The zero-order valence-corrected chi connectivity index (χ0v) is 13.2. The van der Waals surface area contributed by atoms with Crippen LogP contribution in [0.2, 0.25) is 0 Å². The van der Waals surface area contributed by atoms with Crippen LogP contribution in [0.5, 0.6) is 0 Å². The van der Waals surface area contributed by atoms with E-state index in [9.17, 15) is 9.59 Å². The van der Waals surface area contributed by atoms with Gasteiger partial charge in [0.05, 0.1) is 0 Å². The number of hydrogen-bond acceptors (Lipinski definition) is 6. The first kappa shape index (κ1) is 16.9. The third-order valence-electron chi connectivity index (χ3n) is 3.70. The molecule has 1 atom stereocenters. The lowest BCUT2D eigenvalue weighted by molar-refractivity contribution is -0.129. The van der Waals surface area contributed by atoms with Crippen molar-refractivity contribution in [3.05, 3.63) is 29.7 Å². The topological polar surface area (TPSA) is 107 Å². The number of carbonyl (C=O) groups excluding carboxylic acids is 2. The first-order valence-corrected chi connectivity index (χ1v) is 7.81. The number of nitrogens with zero attached hydrogens (tertiary/aromatic N) is 2. The first-order valence-electron chi connectivity index (χ1n) is 7.81. The molecule has 1 aromatic rings. The van der Waals surface area contributed by atoms with Gasteiger partial charge < -0.3 is 15.8 Å². The molecule has 1 heterocycles. The summed E-state index contributed by atoms with van der Waals surface area (Å²) in [6.45, 7) is 2.06. The maximum Gasteiger partial charge on any atom is 0.361 e. The zero-order valence-electron chi connectivity index (χ0n) is 13.2. The Balaban J connectivity index is 1.77. The Morgan fingerprint density at radius 1 is 1.35 bits per heavy atom. The van der Waals surface area contributed by atoms with Crippen molar-refractivity contribution in [3.8, 4) is 0 Å². The van der Waals surface area contributed by atoms with E-state index in [2.05, 4.69) is 21.4 Å². The minimum atomic E-state index is -0.913. The molecule has 23 heavy (non-hydrogen) atoms. The fourth-order valence-electron chi connectivity index (χ4n) is 2.40. The molecule has 1 aliphatic rings. The molecule has 7 nitrogen and oxygen atoms in total. The Morgan fingerprint density at radius 2 is 2.13 bits per heavy atom. The lowest BCUT2D eigenvalue weighted by Crippen LogP contribution is -2.36. The van der Waals surface area contributed by atoms with Crippen LogP contribution in [0.4, 0.5) is 5.82 Å². The number of rotatable bonds is 6. The molecule has 2 rings (SSSR count). The summed E-state index contributed by atoms with van der Waals surface area (Å²) in [6.07, 6.45) is 9.58. The molecule has 0 aromatic carbocycles. The number of nitrogen functional groups attached to an aromatic ring is 1. The number of amides is 1. The van der Waals surface area contributed by atoms with Crippen molar-refractivity contribution in [2.45, 2.75) is 45.1 Å². The molecule has 0 fully saturated rings. The summed E-state index contributed by atoms with van der Waals surface area (Å²) in [7, 11) is 0. The molecule has 0 spiro atoms. The number of hydrogen-bond donors (Lipinski definition) is 2. The molecule has 0 saturated heterocycles. The maximum absolute atomic E-state index is 12.0. The van der Waals surface area contributed by atoms with Gasteiger partial charge in [-0.3, -0.25) is 4.79 Å². The Morgan fingerprint density at radius 3 is 2.83 bits per heavy atom. The number of carbonyl (C=O) groups is 2. The second-order valence-electron chi connectivity index (χ2n) is 5.49. The zero-order chi connectivity index (χ0) is 16.7. The number of anilines is 1. The highest BCUT2D eigenvalue weighted by Crippen LogP contribution is 2.19. The van der Waals surface area contributed by atoms with Crippen LogP contribution in [0, 0.1) is 0 Å². The highest BCUT2D eigenvalue weighted by Gasteiger charge is 2.21. The van der Waals surface area contributed by atoms with Crippen LogP contribution in [-0.2, 0) is 9.53 Å². The SMILES string of the molecule is C[C@@H](OC(=O)c1nccnc1N)C(=O)NCCC1=CCCCC1. The Labute approximate surface area is 135 Å². The minimum Gasteiger partial charge on any atom is -0.448 e. The van der Waals surface area contributed by atoms with Crippen molar-refractivity contribution < 1.29 is 14.3 Å². The predicted molar refractivity (Wildman–Crippen MR) is 85.5 cm³/mol. The highest BCUT2D eigenvalue weighted by molar-refractivity contribution is 5.93. The fourth-order valence-corrected chi connectivity index (χ4v) is 2.40.